The first kappa shape index (κ1) is 9.55. The van der Waals surface area contributed by atoms with E-state index in [-0.39, 0.29) is 5.41 Å². The van der Waals surface area contributed by atoms with Gasteiger partial charge in [-0.25, -0.2) is 9.97 Å². The molecule has 3 nitrogen and oxygen atoms in total. The van der Waals surface area contributed by atoms with E-state index in [4.69, 9.17) is 16.3 Å². The third kappa shape index (κ3) is 1.45. The second-order valence-electron chi connectivity index (χ2n) is 4.41. The van der Waals surface area contributed by atoms with Crippen LogP contribution in [0, 0.1) is 0 Å². The maximum absolute atomic E-state index is 5.87. The van der Waals surface area contributed by atoms with E-state index in [1.54, 1.807) is 0 Å². The summed E-state index contributed by atoms with van der Waals surface area (Å²) in [7, 11) is 0. The third-order valence-electron chi connectivity index (χ3n) is 3.66. The van der Waals surface area contributed by atoms with Crippen LogP contribution < -0.4 is 0 Å². The molecular weight excluding hydrogens is 212 g/mol. The van der Waals surface area contributed by atoms with Gasteiger partial charge in [-0.05, 0) is 42.8 Å². The fourth-order valence-corrected chi connectivity index (χ4v) is 2.90. The molecule has 0 saturated carbocycles. The number of fused-ring (bicyclic) bond motifs is 2. The molecule has 1 aromatic heterocycles. The molecule has 2 aliphatic rings. The molecule has 0 aromatic carbocycles. The Morgan fingerprint density at radius 3 is 2.87 bits per heavy atom. The number of hydrogen-bond donors (Lipinski definition) is 0. The van der Waals surface area contributed by atoms with Gasteiger partial charge in [0.15, 0.2) is 0 Å². The van der Waals surface area contributed by atoms with E-state index in [2.05, 4.69) is 9.97 Å². The Bertz CT molecular complexity index is 383. The van der Waals surface area contributed by atoms with Crippen molar-refractivity contribution >= 4 is 11.6 Å². The largest absolute Gasteiger partial charge is 0.381 e. The molecule has 0 bridgehead atoms. The van der Waals surface area contributed by atoms with Crippen LogP contribution in [0.4, 0.5) is 0 Å². The Hall–Kier alpha value is -0.670. The minimum atomic E-state index is 0.236. The fraction of sp³-hybridized carbons (Fsp3) is 0.636. The normalized spacial score (nSPS) is 23.0. The highest BCUT2D eigenvalue weighted by molar-refractivity contribution is 6.28. The number of rotatable bonds is 0. The van der Waals surface area contributed by atoms with Gasteiger partial charge >= 0.3 is 0 Å². The second-order valence-corrected chi connectivity index (χ2v) is 4.74. The van der Waals surface area contributed by atoms with Crippen molar-refractivity contribution in [1.29, 1.82) is 0 Å². The molecule has 1 spiro atoms. The number of aromatic nitrogens is 2. The van der Waals surface area contributed by atoms with E-state index in [1.807, 2.05) is 6.20 Å². The van der Waals surface area contributed by atoms with Crippen molar-refractivity contribution in [2.24, 2.45) is 0 Å². The van der Waals surface area contributed by atoms with Gasteiger partial charge in [-0.2, -0.15) is 0 Å². The summed E-state index contributed by atoms with van der Waals surface area (Å²) in [5, 5.41) is 0.376. The average Bonchev–Trinajstić information content (AvgIpc) is 2.59. The highest BCUT2D eigenvalue weighted by atomic mass is 35.5. The molecule has 1 saturated heterocycles. The first-order valence-electron chi connectivity index (χ1n) is 5.40. The van der Waals surface area contributed by atoms with Crippen molar-refractivity contribution in [3.63, 3.8) is 0 Å². The van der Waals surface area contributed by atoms with Crippen LogP contribution >= 0.6 is 11.6 Å². The molecule has 0 unspecified atom stereocenters. The minimum absolute atomic E-state index is 0.236. The lowest BCUT2D eigenvalue weighted by Crippen LogP contribution is -2.32. The summed E-state index contributed by atoms with van der Waals surface area (Å²) in [5.74, 6) is 0. The molecule has 1 aromatic rings. The minimum Gasteiger partial charge on any atom is -0.381 e. The van der Waals surface area contributed by atoms with E-state index >= 15 is 0 Å². The summed E-state index contributed by atoms with van der Waals surface area (Å²) in [5.41, 5.74) is 2.70. The molecule has 2 heterocycles. The zero-order valence-corrected chi connectivity index (χ0v) is 9.26. The molecule has 0 N–H and O–H groups in total. The van der Waals surface area contributed by atoms with Gasteiger partial charge in [-0.3, -0.25) is 0 Å². The Kier molecular flexibility index (Phi) is 2.18. The first-order valence-corrected chi connectivity index (χ1v) is 5.78. The van der Waals surface area contributed by atoms with Gasteiger partial charge in [0.1, 0.15) is 0 Å². The number of halogens is 1. The third-order valence-corrected chi connectivity index (χ3v) is 3.84. The van der Waals surface area contributed by atoms with Crippen LogP contribution in [-0.2, 0) is 16.6 Å². The number of hydrogen-bond acceptors (Lipinski definition) is 3. The Morgan fingerprint density at radius 1 is 1.27 bits per heavy atom. The lowest BCUT2D eigenvalue weighted by atomic mass is 9.78. The van der Waals surface area contributed by atoms with Gasteiger partial charge < -0.3 is 4.74 Å². The maximum Gasteiger partial charge on any atom is 0.222 e. The van der Waals surface area contributed by atoms with Crippen LogP contribution in [0.1, 0.15) is 30.5 Å². The molecule has 15 heavy (non-hydrogen) atoms. The van der Waals surface area contributed by atoms with Crippen LogP contribution in [0.2, 0.25) is 5.28 Å². The van der Waals surface area contributed by atoms with E-state index in [0.29, 0.717) is 5.28 Å². The van der Waals surface area contributed by atoms with Crippen LogP contribution in [0.5, 0.6) is 0 Å². The first-order chi connectivity index (χ1) is 7.30. The summed E-state index contributed by atoms with van der Waals surface area (Å²) >= 11 is 5.87. The van der Waals surface area contributed by atoms with Gasteiger partial charge in [0, 0.05) is 24.8 Å². The molecule has 1 aliphatic heterocycles. The Balaban J connectivity index is 2.05. The molecule has 0 amide bonds. The maximum atomic E-state index is 5.87. The second kappa shape index (κ2) is 3.42. The molecule has 0 atom stereocenters. The Labute approximate surface area is 93.8 Å². The molecular formula is C11H13ClN2O. The van der Waals surface area contributed by atoms with E-state index in [9.17, 15) is 0 Å². The number of aryl methyl sites for hydroxylation is 1. The smallest absolute Gasteiger partial charge is 0.222 e. The van der Waals surface area contributed by atoms with Gasteiger partial charge in [0.2, 0.25) is 5.28 Å². The summed E-state index contributed by atoms with van der Waals surface area (Å²) in [4.78, 5) is 8.48. The lowest BCUT2D eigenvalue weighted by molar-refractivity contribution is 0.0493. The van der Waals surface area contributed by atoms with Crippen molar-refractivity contribution in [2.45, 2.75) is 31.1 Å². The lowest BCUT2D eigenvalue weighted by Gasteiger charge is -2.33. The predicted molar refractivity (Wildman–Crippen MR) is 57.1 cm³/mol. The van der Waals surface area contributed by atoms with Gasteiger partial charge in [-0.15, -0.1) is 0 Å². The summed E-state index contributed by atoms with van der Waals surface area (Å²) in [6.45, 7) is 1.70. The quantitative estimate of drug-likeness (QED) is 0.634. The SMILES string of the molecule is Clc1ncc2c(n1)C1(CCOCC1)CC2. The summed E-state index contributed by atoms with van der Waals surface area (Å²) in [6.07, 6.45) is 6.31. The fourth-order valence-electron chi connectivity index (χ4n) is 2.77. The standard InChI is InChI=1S/C11H13ClN2O/c12-10-13-7-8-1-2-11(9(8)14-10)3-5-15-6-4-11/h7H,1-6H2. The Morgan fingerprint density at radius 2 is 2.07 bits per heavy atom. The number of nitrogens with zero attached hydrogens (tertiary/aromatic N) is 2. The summed E-state index contributed by atoms with van der Waals surface area (Å²) in [6, 6.07) is 0. The number of ether oxygens (including phenoxy) is 1. The van der Waals surface area contributed by atoms with Crippen molar-refractivity contribution in [1.82, 2.24) is 9.97 Å². The highest BCUT2D eigenvalue weighted by Crippen LogP contribution is 2.44. The topological polar surface area (TPSA) is 35.0 Å². The molecule has 0 radical (unpaired) electrons. The molecule has 4 heteroatoms. The van der Waals surface area contributed by atoms with Crippen molar-refractivity contribution in [3.05, 3.63) is 22.7 Å². The predicted octanol–water partition coefficient (Wildman–Crippen LogP) is 2.12. The van der Waals surface area contributed by atoms with Crippen molar-refractivity contribution in [3.8, 4) is 0 Å². The zero-order chi connectivity index (χ0) is 10.3. The van der Waals surface area contributed by atoms with Gasteiger partial charge in [-0.1, -0.05) is 0 Å². The van der Waals surface area contributed by atoms with Crippen molar-refractivity contribution in [2.75, 3.05) is 13.2 Å². The molecule has 3 rings (SSSR count). The van der Waals surface area contributed by atoms with Crippen LogP contribution in [0.15, 0.2) is 6.20 Å². The monoisotopic (exact) mass is 224 g/mol. The van der Waals surface area contributed by atoms with Crippen LogP contribution in [0.25, 0.3) is 0 Å². The average molecular weight is 225 g/mol. The van der Waals surface area contributed by atoms with Crippen LogP contribution in [-0.4, -0.2) is 23.2 Å². The molecule has 80 valence electrons. The highest BCUT2D eigenvalue weighted by Gasteiger charge is 2.41. The van der Waals surface area contributed by atoms with E-state index < -0.39 is 0 Å². The van der Waals surface area contributed by atoms with E-state index in [1.165, 1.54) is 17.7 Å². The van der Waals surface area contributed by atoms with Gasteiger partial charge in [0.25, 0.3) is 0 Å². The summed E-state index contributed by atoms with van der Waals surface area (Å²) < 4.78 is 5.43. The zero-order valence-electron chi connectivity index (χ0n) is 8.50. The van der Waals surface area contributed by atoms with Crippen molar-refractivity contribution < 1.29 is 4.74 Å². The van der Waals surface area contributed by atoms with Gasteiger partial charge in [0.05, 0.1) is 5.69 Å². The molecule has 1 fully saturated rings. The van der Waals surface area contributed by atoms with E-state index in [0.717, 1.165) is 32.5 Å². The van der Waals surface area contributed by atoms with Crippen LogP contribution in [0.3, 0.4) is 0 Å². The molecule has 1 aliphatic carbocycles.